The van der Waals surface area contributed by atoms with Crippen LogP contribution < -0.4 is 0 Å². The third kappa shape index (κ3) is 2.78. The zero-order valence-corrected chi connectivity index (χ0v) is 12.7. The summed E-state index contributed by atoms with van der Waals surface area (Å²) in [6.07, 6.45) is 4.95. The van der Waals surface area contributed by atoms with Gasteiger partial charge in [-0.2, -0.15) is 0 Å². The molecule has 2 aliphatic heterocycles. The zero-order chi connectivity index (χ0) is 14.1. The van der Waals surface area contributed by atoms with Crippen molar-refractivity contribution in [2.24, 2.45) is 0 Å². The Balaban J connectivity index is 1.77. The molecule has 3 rings (SSSR count). The first-order chi connectivity index (χ1) is 9.65. The summed E-state index contributed by atoms with van der Waals surface area (Å²) in [6, 6.07) is 2.12. The van der Waals surface area contributed by atoms with Gasteiger partial charge in [0.1, 0.15) is 5.15 Å². The van der Waals surface area contributed by atoms with E-state index in [0.717, 1.165) is 26.1 Å². The predicted molar refractivity (Wildman–Crippen MR) is 79.4 cm³/mol. The first-order valence-electron chi connectivity index (χ1n) is 6.99. The van der Waals surface area contributed by atoms with E-state index in [1.54, 1.807) is 6.07 Å². The first-order valence-corrected chi connectivity index (χ1v) is 7.75. The van der Waals surface area contributed by atoms with E-state index in [9.17, 15) is 4.79 Å². The number of aromatic nitrogens is 1. The van der Waals surface area contributed by atoms with E-state index in [-0.39, 0.29) is 11.1 Å². The molecule has 4 nitrogen and oxygen atoms in total. The maximum Gasteiger partial charge on any atom is 0.255 e. The maximum atomic E-state index is 12.6. The average Bonchev–Trinajstić information content (AvgIpc) is 2.78. The molecule has 1 aromatic heterocycles. The summed E-state index contributed by atoms with van der Waals surface area (Å²) in [5.74, 6) is 0.00446. The summed E-state index contributed by atoms with van der Waals surface area (Å²) in [5, 5.41) is 0.566. The van der Waals surface area contributed by atoms with Crippen molar-refractivity contribution in [3.63, 3.8) is 0 Å². The third-order valence-electron chi connectivity index (χ3n) is 4.13. The topological polar surface area (TPSA) is 36.4 Å². The Hall–Kier alpha value is -0.840. The molecule has 0 spiro atoms. The third-order valence-corrected chi connectivity index (χ3v) is 4.82. The average molecular weight is 314 g/mol. The molecule has 2 aliphatic rings. The minimum atomic E-state index is 0.00446. The number of carbonyl (C=O) groups excluding carboxylic acids is 1. The van der Waals surface area contributed by atoms with Gasteiger partial charge in [0.2, 0.25) is 0 Å². The fraction of sp³-hybridized carbons (Fsp3) is 0.571. The molecule has 3 heterocycles. The molecule has 1 unspecified atom stereocenters. The Bertz CT molecular complexity index is 523. The number of amides is 1. The van der Waals surface area contributed by atoms with E-state index in [0.29, 0.717) is 16.6 Å². The molecule has 0 aromatic carbocycles. The molecule has 0 saturated carbocycles. The van der Waals surface area contributed by atoms with Crippen molar-refractivity contribution in [1.29, 1.82) is 0 Å². The second-order valence-corrected chi connectivity index (χ2v) is 6.20. The van der Waals surface area contributed by atoms with Crippen LogP contribution in [0.5, 0.6) is 0 Å². The Morgan fingerprint density at radius 2 is 2.05 bits per heavy atom. The largest absolute Gasteiger partial charge is 0.337 e. The quantitative estimate of drug-likeness (QED) is 0.748. The van der Waals surface area contributed by atoms with E-state index in [2.05, 4.69) is 9.88 Å². The smallest absolute Gasteiger partial charge is 0.255 e. The second kappa shape index (κ2) is 5.88. The van der Waals surface area contributed by atoms with Crippen molar-refractivity contribution in [1.82, 2.24) is 14.8 Å². The van der Waals surface area contributed by atoms with Gasteiger partial charge < -0.3 is 4.90 Å². The summed E-state index contributed by atoms with van der Waals surface area (Å²) in [7, 11) is 0. The van der Waals surface area contributed by atoms with Gasteiger partial charge in [0.25, 0.3) is 5.91 Å². The van der Waals surface area contributed by atoms with Crippen LogP contribution in [0.3, 0.4) is 0 Å². The number of hydrogen-bond donors (Lipinski definition) is 0. The highest BCUT2D eigenvalue weighted by molar-refractivity contribution is 6.41. The summed E-state index contributed by atoms with van der Waals surface area (Å²) in [6.45, 7) is 3.86. The van der Waals surface area contributed by atoms with Crippen LogP contribution in [0, 0.1) is 0 Å². The molecule has 6 heteroatoms. The molecule has 2 fully saturated rings. The zero-order valence-electron chi connectivity index (χ0n) is 11.2. The fourth-order valence-corrected chi connectivity index (χ4v) is 3.38. The van der Waals surface area contributed by atoms with Crippen molar-refractivity contribution in [3.05, 3.63) is 28.0 Å². The number of halogens is 2. The van der Waals surface area contributed by atoms with Crippen molar-refractivity contribution in [3.8, 4) is 0 Å². The molecule has 0 radical (unpaired) electrons. The standard InChI is InChI=1S/C14H17Cl2N3O/c15-12-7-10(8-17-13(12)16)14(20)19-6-2-5-18-4-1-3-11(18)9-19/h7-8,11H,1-6,9H2. The van der Waals surface area contributed by atoms with Crippen LogP contribution in [-0.2, 0) is 0 Å². The molecule has 0 bridgehead atoms. The van der Waals surface area contributed by atoms with Crippen LogP contribution in [0.2, 0.25) is 10.2 Å². The minimum Gasteiger partial charge on any atom is -0.337 e. The highest BCUT2D eigenvalue weighted by atomic mass is 35.5. The van der Waals surface area contributed by atoms with Crippen LogP contribution in [0.25, 0.3) is 0 Å². The van der Waals surface area contributed by atoms with Gasteiger partial charge in [0.15, 0.2) is 0 Å². The van der Waals surface area contributed by atoms with E-state index >= 15 is 0 Å². The van der Waals surface area contributed by atoms with Gasteiger partial charge in [-0.3, -0.25) is 9.69 Å². The lowest BCUT2D eigenvalue weighted by Crippen LogP contribution is -2.39. The van der Waals surface area contributed by atoms with E-state index in [4.69, 9.17) is 23.2 Å². The number of rotatable bonds is 1. The first kappa shape index (κ1) is 14.1. The van der Waals surface area contributed by atoms with Gasteiger partial charge in [0.05, 0.1) is 10.6 Å². The van der Waals surface area contributed by atoms with Crippen LogP contribution in [-0.4, -0.2) is 52.9 Å². The molecular formula is C14H17Cl2N3O. The number of nitrogens with zero attached hydrogens (tertiary/aromatic N) is 3. The lowest BCUT2D eigenvalue weighted by atomic mass is 10.2. The predicted octanol–water partition coefficient (Wildman–Crippen LogP) is 2.70. The number of hydrogen-bond acceptors (Lipinski definition) is 3. The monoisotopic (exact) mass is 313 g/mol. The van der Waals surface area contributed by atoms with Crippen LogP contribution in [0.4, 0.5) is 0 Å². The van der Waals surface area contributed by atoms with Crippen molar-refractivity contribution in [2.45, 2.75) is 25.3 Å². The number of carbonyl (C=O) groups is 1. The lowest BCUT2D eigenvalue weighted by Gasteiger charge is -2.25. The highest BCUT2D eigenvalue weighted by Crippen LogP contribution is 2.24. The molecule has 1 amide bonds. The molecule has 0 N–H and O–H groups in total. The van der Waals surface area contributed by atoms with Crippen molar-refractivity contribution in [2.75, 3.05) is 26.2 Å². The van der Waals surface area contributed by atoms with Crippen LogP contribution in [0.1, 0.15) is 29.6 Å². The van der Waals surface area contributed by atoms with Gasteiger partial charge in [-0.15, -0.1) is 0 Å². The molecule has 0 aliphatic carbocycles. The Morgan fingerprint density at radius 1 is 1.25 bits per heavy atom. The molecule has 1 aromatic rings. The normalized spacial score (nSPS) is 23.5. The minimum absolute atomic E-state index is 0.00446. The molecule has 2 saturated heterocycles. The summed E-state index contributed by atoms with van der Waals surface area (Å²) in [5.41, 5.74) is 0.519. The highest BCUT2D eigenvalue weighted by Gasteiger charge is 2.31. The number of pyridine rings is 1. The van der Waals surface area contributed by atoms with Crippen molar-refractivity contribution >= 4 is 29.1 Å². The fourth-order valence-electron chi connectivity index (χ4n) is 3.11. The van der Waals surface area contributed by atoms with Gasteiger partial charge in [-0.05, 0) is 31.9 Å². The lowest BCUT2D eigenvalue weighted by molar-refractivity contribution is 0.0743. The van der Waals surface area contributed by atoms with E-state index in [1.807, 2.05) is 4.90 Å². The molecule has 1 atom stereocenters. The van der Waals surface area contributed by atoms with Gasteiger partial charge >= 0.3 is 0 Å². The molecule has 20 heavy (non-hydrogen) atoms. The van der Waals surface area contributed by atoms with Crippen molar-refractivity contribution < 1.29 is 4.79 Å². The van der Waals surface area contributed by atoms with Crippen LogP contribution >= 0.6 is 23.2 Å². The maximum absolute atomic E-state index is 12.6. The van der Waals surface area contributed by atoms with E-state index < -0.39 is 0 Å². The Morgan fingerprint density at radius 3 is 2.85 bits per heavy atom. The molecule has 108 valence electrons. The van der Waals surface area contributed by atoms with Crippen LogP contribution in [0.15, 0.2) is 12.3 Å². The Labute approximate surface area is 128 Å². The Kier molecular flexibility index (Phi) is 4.15. The summed E-state index contributed by atoms with van der Waals surface area (Å²) >= 11 is 11.7. The van der Waals surface area contributed by atoms with E-state index in [1.165, 1.54) is 25.6 Å². The number of fused-ring (bicyclic) bond motifs is 1. The van der Waals surface area contributed by atoms with Gasteiger partial charge in [-0.1, -0.05) is 23.2 Å². The molecular weight excluding hydrogens is 297 g/mol. The summed E-state index contributed by atoms with van der Waals surface area (Å²) in [4.78, 5) is 21.0. The summed E-state index contributed by atoms with van der Waals surface area (Å²) < 4.78 is 0. The van der Waals surface area contributed by atoms with Gasteiger partial charge in [-0.25, -0.2) is 4.98 Å². The SMILES string of the molecule is O=C(c1cnc(Cl)c(Cl)c1)N1CCCN2CCCC2C1. The van der Waals surface area contributed by atoms with Gasteiger partial charge in [0, 0.05) is 31.9 Å². The second-order valence-electron chi connectivity index (χ2n) is 5.43.